The van der Waals surface area contributed by atoms with Crippen molar-refractivity contribution in [1.82, 2.24) is 0 Å². The van der Waals surface area contributed by atoms with Gasteiger partial charge in [-0.2, -0.15) is 0 Å². The fourth-order valence-electron chi connectivity index (χ4n) is 1.38. The van der Waals surface area contributed by atoms with Crippen LogP contribution < -0.4 is 9.88 Å². The van der Waals surface area contributed by atoms with E-state index in [0.29, 0.717) is 17.7 Å². The summed E-state index contributed by atoms with van der Waals surface area (Å²) in [6, 6.07) is 7.21. The van der Waals surface area contributed by atoms with Gasteiger partial charge in [0.2, 0.25) is 10.0 Å². The Hall–Kier alpha value is -1.33. The Balaban J connectivity index is 3.19. The standard InChI is InChI=1S/C11H15NO3S/c1-3-9(8-16(12,13)14)10-5-4-6-11(7-10)15-2/h4-8H,3H2,1-2H3,(H2,12,13,14)/b9-8-. The number of benzene rings is 1. The fourth-order valence-corrected chi connectivity index (χ4v) is 2.08. The summed E-state index contributed by atoms with van der Waals surface area (Å²) < 4.78 is 27.1. The topological polar surface area (TPSA) is 69.4 Å². The Morgan fingerprint density at radius 3 is 2.69 bits per heavy atom. The van der Waals surface area contributed by atoms with E-state index in [9.17, 15) is 8.42 Å². The van der Waals surface area contributed by atoms with Crippen molar-refractivity contribution < 1.29 is 13.2 Å². The van der Waals surface area contributed by atoms with Crippen LogP contribution in [0.3, 0.4) is 0 Å². The molecule has 0 aliphatic rings. The number of hydrogen-bond donors (Lipinski definition) is 1. The minimum Gasteiger partial charge on any atom is -0.497 e. The number of rotatable bonds is 4. The Morgan fingerprint density at radius 2 is 2.19 bits per heavy atom. The van der Waals surface area contributed by atoms with E-state index in [2.05, 4.69) is 0 Å². The molecule has 2 N–H and O–H groups in total. The first kappa shape index (κ1) is 12.7. The lowest BCUT2D eigenvalue weighted by Crippen LogP contribution is -2.08. The summed E-state index contributed by atoms with van der Waals surface area (Å²) in [4.78, 5) is 0. The molecule has 4 nitrogen and oxygen atoms in total. The Labute approximate surface area is 95.8 Å². The van der Waals surface area contributed by atoms with Crippen LogP contribution in [0, 0.1) is 0 Å². The summed E-state index contributed by atoms with van der Waals surface area (Å²) in [7, 11) is -2.04. The highest BCUT2D eigenvalue weighted by Gasteiger charge is 2.05. The lowest BCUT2D eigenvalue weighted by Gasteiger charge is -2.06. The average molecular weight is 241 g/mol. The highest BCUT2D eigenvalue weighted by Crippen LogP contribution is 2.22. The van der Waals surface area contributed by atoms with E-state index in [1.807, 2.05) is 13.0 Å². The number of methoxy groups -OCH3 is 1. The van der Waals surface area contributed by atoms with Crippen molar-refractivity contribution in [3.63, 3.8) is 0 Å². The second kappa shape index (κ2) is 5.14. The largest absolute Gasteiger partial charge is 0.497 e. The third-order valence-electron chi connectivity index (χ3n) is 2.13. The van der Waals surface area contributed by atoms with Gasteiger partial charge in [0.15, 0.2) is 0 Å². The third kappa shape index (κ3) is 3.67. The van der Waals surface area contributed by atoms with Gasteiger partial charge in [0.25, 0.3) is 0 Å². The molecule has 16 heavy (non-hydrogen) atoms. The molecule has 5 heteroatoms. The van der Waals surface area contributed by atoms with E-state index in [1.165, 1.54) is 0 Å². The summed E-state index contributed by atoms with van der Waals surface area (Å²) in [5, 5.41) is 6.07. The zero-order valence-electron chi connectivity index (χ0n) is 9.30. The molecule has 0 spiro atoms. The van der Waals surface area contributed by atoms with Crippen LogP contribution in [0.4, 0.5) is 0 Å². The molecule has 0 aliphatic heterocycles. The highest BCUT2D eigenvalue weighted by atomic mass is 32.2. The third-order valence-corrected chi connectivity index (χ3v) is 2.74. The smallest absolute Gasteiger partial charge is 0.231 e. The Bertz CT molecular complexity index is 492. The molecule has 88 valence electrons. The van der Waals surface area contributed by atoms with Crippen LogP contribution in [0.5, 0.6) is 5.75 Å². The molecule has 0 radical (unpaired) electrons. The molecule has 1 aromatic carbocycles. The van der Waals surface area contributed by atoms with Crippen LogP contribution in [0.25, 0.3) is 5.57 Å². The normalized spacial score (nSPS) is 12.6. The number of ether oxygens (including phenoxy) is 1. The first-order chi connectivity index (χ1) is 7.46. The van der Waals surface area contributed by atoms with Crippen molar-refractivity contribution in [2.75, 3.05) is 7.11 Å². The molecule has 1 aromatic rings. The predicted octanol–water partition coefficient (Wildman–Crippen LogP) is 1.73. The number of allylic oxidation sites excluding steroid dienone is 1. The SMILES string of the molecule is CC/C(=C/S(N)(=O)=O)c1cccc(OC)c1. The van der Waals surface area contributed by atoms with Gasteiger partial charge in [0, 0.05) is 5.41 Å². The maximum absolute atomic E-state index is 11.0. The molecule has 0 saturated carbocycles. The molecule has 0 atom stereocenters. The van der Waals surface area contributed by atoms with Gasteiger partial charge in [0.05, 0.1) is 7.11 Å². The van der Waals surface area contributed by atoms with Crippen LogP contribution >= 0.6 is 0 Å². The van der Waals surface area contributed by atoms with Crippen LogP contribution in [-0.2, 0) is 10.0 Å². The summed E-state index contributed by atoms with van der Waals surface area (Å²) in [6.07, 6.45) is 0.587. The molecule has 0 bridgehead atoms. The molecular formula is C11H15NO3S. The van der Waals surface area contributed by atoms with Crippen LogP contribution in [0.15, 0.2) is 29.7 Å². The van der Waals surface area contributed by atoms with Crippen molar-refractivity contribution >= 4 is 15.6 Å². The summed E-state index contributed by atoms with van der Waals surface area (Å²) >= 11 is 0. The van der Waals surface area contributed by atoms with Gasteiger partial charge in [-0.1, -0.05) is 19.1 Å². The van der Waals surface area contributed by atoms with Crippen LogP contribution in [0.2, 0.25) is 0 Å². The predicted molar refractivity (Wildman–Crippen MR) is 64.4 cm³/mol. The molecule has 0 heterocycles. The van der Waals surface area contributed by atoms with Gasteiger partial charge >= 0.3 is 0 Å². The van der Waals surface area contributed by atoms with Crippen LogP contribution in [-0.4, -0.2) is 15.5 Å². The van der Waals surface area contributed by atoms with Crippen molar-refractivity contribution in [3.8, 4) is 5.75 Å². The second-order valence-electron chi connectivity index (χ2n) is 3.32. The lowest BCUT2D eigenvalue weighted by molar-refractivity contribution is 0.414. The Morgan fingerprint density at radius 1 is 1.50 bits per heavy atom. The van der Waals surface area contributed by atoms with E-state index < -0.39 is 10.0 Å². The maximum atomic E-state index is 11.0. The highest BCUT2D eigenvalue weighted by molar-refractivity contribution is 7.92. The minimum absolute atomic E-state index is 0.587. The maximum Gasteiger partial charge on any atom is 0.231 e. The monoisotopic (exact) mass is 241 g/mol. The fraction of sp³-hybridized carbons (Fsp3) is 0.273. The zero-order valence-corrected chi connectivity index (χ0v) is 10.1. The summed E-state index contributed by atoms with van der Waals surface area (Å²) in [5.41, 5.74) is 1.47. The number of hydrogen-bond acceptors (Lipinski definition) is 3. The second-order valence-corrected chi connectivity index (χ2v) is 4.73. The quantitative estimate of drug-likeness (QED) is 0.872. The summed E-state index contributed by atoms with van der Waals surface area (Å²) in [6.45, 7) is 1.87. The van der Waals surface area contributed by atoms with Crippen molar-refractivity contribution in [1.29, 1.82) is 0 Å². The van der Waals surface area contributed by atoms with E-state index in [1.54, 1.807) is 25.3 Å². The van der Waals surface area contributed by atoms with Gasteiger partial charge in [0.1, 0.15) is 5.75 Å². The van der Waals surface area contributed by atoms with Gasteiger partial charge < -0.3 is 4.74 Å². The Kier molecular flexibility index (Phi) is 4.09. The molecule has 0 unspecified atom stereocenters. The van der Waals surface area contributed by atoms with Crippen molar-refractivity contribution in [2.24, 2.45) is 5.14 Å². The first-order valence-electron chi connectivity index (χ1n) is 4.84. The molecule has 0 saturated heterocycles. The zero-order chi connectivity index (χ0) is 12.2. The van der Waals surface area contributed by atoms with Crippen molar-refractivity contribution in [3.05, 3.63) is 35.2 Å². The number of nitrogens with two attached hydrogens (primary N) is 1. The molecule has 0 aliphatic carbocycles. The number of sulfonamides is 1. The van der Waals surface area contributed by atoms with E-state index in [0.717, 1.165) is 11.0 Å². The minimum atomic E-state index is -3.61. The molecule has 0 amide bonds. The van der Waals surface area contributed by atoms with Gasteiger partial charge in [-0.25, -0.2) is 13.6 Å². The van der Waals surface area contributed by atoms with E-state index in [4.69, 9.17) is 9.88 Å². The molecule has 0 fully saturated rings. The number of primary sulfonamides is 1. The van der Waals surface area contributed by atoms with Gasteiger partial charge in [-0.15, -0.1) is 0 Å². The van der Waals surface area contributed by atoms with E-state index >= 15 is 0 Å². The van der Waals surface area contributed by atoms with Gasteiger partial charge in [-0.3, -0.25) is 0 Å². The molecule has 1 rings (SSSR count). The molecular weight excluding hydrogens is 226 g/mol. The average Bonchev–Trinajstić information content (AvgIpc) is 2.25. The molecule has 0 aromatic heterocycles. The lowest BCUT2D eigenvalue weighted by atomic mass is 10.1. The van der Waals surface area contributed by atoms with Crippen LogP contribution in [0.1, 0.15) is 18.9 Å². The first-order valence-corrected chi connectivity index (χ1v) is 6.45. The van der Waals surface area contributed by atoms with Gasteiger partial charge in [-0.05, 0) is 29.7 Å². The summed E-state index contributed by atoms with van der Waals surface area (Å²) in [5.74, 6) is 0.686. The van der Waals surface area contributed by atoms with Crippen molar-refractivity contribution in [2.45, 2.75) is 13.3 Å². The van der Waals surface area contributed by atoms with E-state index in [-0.39, 0.29) is 0 Å².